The minimum absolute atomic E-state index is 0.0883. The minimum atomic E-state index is -0.0962. The van der Waals surface area contributed by atoms with Gasteiger partial charge >= 0.3 is 0 Å². The zero-order valence-corrected chi connectivity index (χ0v) is 12.4. The number of nitrogens with one attached hydrogen (secondary N) is 1. The highest BCUT2D eigenvalue weighted by Gasteiger charge is 2.13. The number of hydrogen-bond donors (Lipinski definition) is 1. The van der Waals surface area contributed by atoms with Crippen molar-refractivity contribution in [3.63, 3.8) is 0 Å². The lowest BCUT2D eigenvalue weighted by Crippen LogP contribution is -2.33. The highest BCUT2D eigenvalue weighted by molar-refractivity contribution is 9.10. The summed E-state index contributed by atoms with van der Waals surface area (Å²) in [5, 5.41) is 2.69. The van der Waals surface area contributed by atoms with Crippen LogP contribution in [0.3, 0.4) is 0 Å². The Morgan fingerprint density at radius 1 is 1.47 bits per heavy atom. The van der Waals surface area contributed by atoms with Crippen molar-refractivity contribution in [1.29, 1.82) is 0 Å². The number of rotatable bonds is 6. The van der Waals surface area contributed by atoms with Crippen LogP contribution in [0.1, 0.15) is 13.3 Å². The van der Waals surface area contributed by atoms with Crippen molar-refractivity contribution >= 4 is 33.4 Å². The normalized spacial score (nSPS) is 9.79. The Labute approximate surface area is 121 Å². The van der Waals surface area contributed by atoms with Crippen molar-refractivity contribution in [1.82, 2.24) is 5.32 Å². The van der Waals surface area contributed by atoms with Crippen LogP contribution in [-0.2, 0) is 9.59 Å². The summed E-state index contributed by atoms with van der Waals surface area (Å²) in [7, 11) is 0. The van der Waals surface area contributed by atoms with Crippen molar-refractivity contribution in [2.45, 2.75) is 13.3 Å². The fourth-order valence-electron chi connectivity index (χ4n) is 1.60. The number of carbonyl (C=O) groups excluding carboxylic acids is 2. The molecule has 0 atom stereocenters. The van der Waals surface area contributed by atoms with Gasteiger partial charge in [0.05, 0.1) is 0 Å². The van der Waals surface area contributed by atoms with E-state index in [4.69, 9.17) is 0 Å². The molecule has 5 heteroatoms. The molecule has 19 heavy (non-hydrogen) atoms. The third-order valence-electron chi connectivity index (χ3n) is 2.51. The third-order valence-corrected chi connectivity index (χ3v) is 3.00. The average molecular weight is 325 g/mol. The molecule has 0 aliphatic rings. The molecule has 0 spiro atoms. The quantitative estimate of drug-likeness (QED) is 0.817. The second-order valence-electron chi connectivity index (χ2n) is 3.99. The first-order valence-electron chi connectivity index (χ1n) is 5.96. The maximum atomic E-state index is 11.6. The number of hydrogen-bond acceptors (Lipinski definition) is 2. The Kier molecular flexibility index (Phi) is 6.29. The average Bonchev–Trinajstić information content (AvgIpc) is 2.36. The number of halogens is 1. The Morgan fingerprint density at radius 2 is 2.21 bits per heavy atom. The van der Waals surface area contributed by atoms with E-state index in [1.807, 2.05) is 24.3 Å². The molecule has 0 aromatic heterocycles. The molecular formula is C14H17BrN2O2. The fourth-order valence-corrected chi connectivity index (χ4v) is 1.99. The van der Waals surface area contributed by atoms with Crippen LogP contribution in [0.25, 0.3) is 0 Å². The van der Waals surface area contributed by atoms with E-state index in [0.717, 1.165) is 10.2 Å². The first-order valence-corrected chi connectivity index (χ1v) is 6.75. The number of benzene rings is 1. The molecule has 1 aromatic carbocycles. The highest BCUT2D eigenvalue weighted by Crippen LogP contribution is 2.20. The van der Waals surface area contributed by atoms with Gasteiger partial charge < -0.3 is 10.2 Å². The van der Waals surface area contributed by atoms with Gasteiger partial charge in [-0.3, -0.25) is 9.59 Å². The van der Waals surface area contributed by atoms with Gasteiger partial charge in [0.15, 0.2) is 0 Å². The molecule has 0 heterocycles. The van der Waals surface area contributed by atoms with E-state index < -0.39 is 0 Å². The molecule has 0 unspecified atom stereocenters. The van der Waals surface area contributed by atoms with Gasteiger partial charge in [-0.25, -0.2) is 0 Å². The van der Waals surface area contributed by atoms with Crippen molar-refractivity contribution in [2.24, 2.45) is 0 Å². The summed E-state index contributed by atoms with van der Waals surface area (Å²) in [5.74, 6) is -0.184. The fraction of sp³-hybridized carbons (Fsp3) is 0.286. The van der Waals surface area contributed by atoms with Gasteiger partial charge in [-0.2, -0.15) is 0 Å². The van der Waals surface area contributed by atoms with E-state index in [1.54, 1.807) is 11.0 Å². The molecule has 0 radical (unpaired) electrons. The van der Waals surface area contributed by atoms with Gasteiger partial charge in [-0.05, 0) is 18.2 Å². The summed E-state index contributed by atoms with van der Waals surface area (Å²) in [6.45, 7) is 5.81. The summed E-state index contributed by atoms with van der Waals surface area (Å²) >= 11 is 3.37. The van der Waals surface area contributed by atoms with Crippen LogP contribution in [-0.4, -0.2) is 24.9 Å². The zero-order valence-electron chi connectivity index (χ0n) is 10.9. The van der Waals surface area contributed by atoms with Gasteiger partial charge in [0.1, 0.15) is 0 Å². The first kappa shape index (κ1) is 15.4. The van der Waals surface area contributed by atoms with Gasteiger partial charge in [-0.15, -0.1) is 6.58 Å². The zero-order chi connectivity index (χ0) is 14.3. The number of anilines is 1. The number of amides is 2. The van der Waals surface area contributed by atoms with Crippen LogP contribution in [0.2, 0.25) is 0 Å². The lowest BCUT2D eigenvalue weighted by molar-refractivity contribution is -0.120. The second-order valence-corrected chi connectivity index (χ2v) is 4.91. The molecule has 0 saturated heterocycles. The summed E-state index contributed by atoms with van der Waals surface area (Å²) in [4.78, 5) is 24.7. The Bertz CT molecular complexity index is 474. The van der Waals surface area contributed by atoms with Crippen LogP contribution in [0.5, 0.6) is 0 Å². The van der Waals surface area contributed by atoms with Gasteiger partial charge in [0.2, 0.25) is 11.8 Å². The largest absolute Gasteiger partial charge is 0.353 e. The van der Waals surface area contributed by atoms with Gasteiger partial charge in [0, 0.05) is 36.6 Å². The minimum Gasteiger partial charge on any atom is -0.353 e. The maximum Gasteiger partial charge on any atom is 0.223 e. The molecule has 0 fully saturated rings. The van der Waals surface area contributed by atoms with Crippen LogP contribution in [0, 0.1) is 0 Å². The number of carbonyl (C=O) groups is 2. The van der Waals surface area contributed by atoms with Crippen molar-refractivity contribution in [3.8, 4) is 0 Å². The highest BCUT2D eigenvalue weighted by atomic mass is 79.9. The number of nitrogens with zero attached hydrogens (tertiary/aromatic N) is 1. The standard InChI is InChI=1S/C14H17BrN2O2/c1-3-8-16-14(19)7-9-17(11(2)18)13-6-4-5-12(15)10-13/h3-6,10H,1,7-9H2,2H3,(H,16,19). The van der Waals surface area contributed by atoms with Crippen LogP contribution in [0.4, 0.5) is 5.69 Å². The van der Waals surface area contributed by atoms with E-state index in [0.29, 0.717) is 13.1 Å². The molecule has 4 nitrogen and oxygen atoms in total. The molecule has 0 aliphatic heterocycles. The van der Waals surface area contributed by atoms with E-state index in [-0.39, 0.29) is 18.2 Å². The smallest absolute Gasteiger partial charge is 0.223 e. The molecule has 2 amide bonds. The molecule has 0 saturated carbocycles. The van der Waals surface area contributed by atoms with Crippen LogP contribution in [0.15, 0.2) is 41.4 Å². The monoisotopic (exact) mass is 324 g/mol. The molecule has 1 aromatic rings. The van der Waals surface area contributed by atoms with Crippen molar-refractivity contribution in [3.05, 3.63) is 41.4 Å². The molecule has 1 N–H and O–H groups in total. The molecule has 102 valence electrons. The lowest BCUT2D eigenvalue weighted by atomic mass is 10.2. The summed E-state index contributed by atoms with van der Waals surface area (Å²) in [5.41, 5.74) is 0.776. The molecule has 1 rings (SSSR count). The van der Waals surface area contributed by atoms with Crippen LogP contribution >= 0.6 is 15.9 Å². The van der Waals surface area contributed by atoms with E-state index in [2.05, 4.69) is 27.8 Å². The summed E-state index contributed by atoms with van der Waals surface area (Å²) < 4.78 is 0.896. The molecule has 0 aliphatic carbocycles. The topological polar surface area (TPSA) is 49.4 Å². The summed E-state index contributed by atoms with van der Waals surface area (Å²) in [6.07, 6.45) is 1.88. The maximum absolute atomic E-state index is 11.6. The second kappa shape index (κ2) is 7.74. The van der Waals surface area contributed by atoms with Gasteiger partial charge in [0.25, 0.3) is 0 Å². The lowest BCUT2D eigenvalue weighted by Gasteiger charge is -2.21. The summed E-state index contributed by atoms with van der Waals surface area (Å²) in [6, 6.07) is 7.43. The van der Waals surface area contributed by atoms with Gasteiger partial charge in [-0.1, -0.05) is 28.1 Å². The SMILES string of the molecule is C=CCNC(=O)CCN(C(C)=O)c1cccc(Br)c1. The van der Waals surface area contributed by atoms with Crippen molar-refractivity contribution < 1.29 is 9.59 Å². The predicted molar refractivity (Wildman–Crippen MR) is 80.0 cm³/mol. The molecular weight excluding hydrogens is 308 g/mol. The third kappa shape index (κ3) is 5.26. The predicted octanol–water partition coefficient (Wildman–Crippen LogP) is 2.49. The van der Waals surface area contributed by atoms with E-state index in [1.165, 1.54) is 6.92 Å². The first-order chi connectivity index (χ1) is 9.04. The van der Waals surface area contributed by atoms with E-state index >= 15 is 0 Å². The van der Waals surface area contributed by atoms with Crippen molar-refractivity contribution in [2.75, 3.05) is 18.0 Å². The Hall–Kier alpha value is -1.62. The van der Waals surface area contributed by atoms with Crippen LogP contribution < -0.4 is 10.2 Å². The van der Waals surface area contributed by atoms with E-state index in [9.17, 15) is 9.59 Å². The Morgan fingerprint density at radius 3 is 2.79 bits per heavy atom. The molecule has 0 bridgehead atoms. The Balaban J connectivity index is 2.66.